The summed E-state index contributed by atoms with van der Waals surface area (Å²) >= 11 is 3.41. The van der Waals surface area contributed by atoms with Crippen molar-refractivity contribution in [2.24, 2.45) is 0 Å². The number of para-hydroxylation sites is 1. The molecule has 6 nitrogen and oxygen atoms in total. The van der Waals surface area contributed by atoms with Crippen molar-refractivity contribution in [1.82, 2.24) is 9.97 Å². The highest BCUT2D eigenvalue weighted by atomic mass is 79.9. The average molecular weight is 413 g/mol. The molecule has 0 aliphatic carbocycles. The third-order valence-corrected chi connectivity index (χ3v) is 4.04. The molecule has 0 fully saturated rings. The highest BCUT2D eigenvalue weighted by Crippen LogP contribution is 2.37. The highest BCUT2D eigenvalue weighted by molar-refractivity contribution is 9.10. The van der Waals surface area contributed by atoms with Crippen LogP contribution in [0.2, 0.25) is 0 Å². The quantitative estimate of drug-likeness (QED) is 0.623. The monoisotopic (exact) mass is 411 g/mol. The molecule has 8 heteroatoms. The molecule has 0 radical (unpaired) electrons. The summed E-state index contributed by atoms with van der Waals surface area (Å²) in [5.41, 5.74) is 1.23. The fraction of sp³-hybridized carbons (Fsp3) is 0.125. The molecule has 0 aliphatic heterocycles. The van der Waals surface area contributed by atoms with Crippen LogP contribution in [0.5, 0.6) is 17.2 Å². The van der Waals surface area contributed by atoms with Gasteiger partial charge >= 0.3 is 0 Å². The van der Waals surface area contributed by atoms with E-state index >= 15 is 0 Å². The standard InChI is InChI=1S/C16H14BrN3O3.ClH/c1-22-13-6-9-11(7-14(13)23-2)18-8-19-16(9)20-15-10(17)4-3-5-12(15)21;/h3-8,21H,1-2H3,(H,18,19,20);1H. The van der Waals surface area contributed by atoms with Gasteiger partial charge in [0, 0.05) is 15.9 Å². The maximum Gasteiger partial charge on any atom is 0.162 e. The van der Waals surface area contributed by atoms with E-state index in [0.717, 1.165) is 9.86 Å². The summed E-state index contributed by atoms with van der Waals surface area (Å²) in [6, 6.07) is 8.75. The SMILES string of the molecule is COc1cc2ncnc(Nc3c(O)cccc3Br)c2cc1OC.Cl. The fourth-order valence-electron chi connectivity index (χ4n) is 2.24. The van der Waals surface area contributed by atoms with Crippen LogP contribution in [0, 0.1) is 0 Å². The van der Waals surface area contributed by atoms with Crippen molar-refractivity contribution in [3.05, 3.63) is 41.1 Å². The number of phenolic OH excluding ortho intramolecular Hbond substituents is 1. The number of hydrogen-bond donors (Lipinski definition) is 2. The zero-order valence-corrected chi connectivity index (χ0v) is 15.3. The Morgan fingerprint density at radius 1 is 1.08 bits per heavy atom. The molecule has 3 aromatic rings. The van der Waals surface area contributed by atoms with Crippen molar-refractivity contribution >= 4 is 50.7 Å². The van der Waals surface area contributed by atoms with Crippen LogP contribution in [-0.4, -0.2) is 29.3 Å². The van der Waals surface area contributed by atoms with E-state index in [1.165, 1.54) is 6.33 Å². The van der Waals surface area contributed by atoms with Gasteiger partial charge in [-0.15, -0.1) is 12.4 Å². The van der Waals surface area contributed by atoms with Crippen LogP contribution in [-0.2, 0) is 0 Å². The molecule has 0 saturated heterocycles. The molecule has 24 heavy (non-hydrogen) atoms. The predicted molar refractivity (Wildman–Crippen MR) is 99.0 cm³/mol. The number of methoxy groups -OCH3 is 2. The van der Waals surface area contributed by atoms with E-state index in [2.05, 4.69) is 31.2 Å². The van der Waals surface area contributed by atoms with Gasteiger partial charge in [0.25, 0.3) is 0 Å². The third kappa shape index (κ3) is 3.32. The second-order valence-corrected chi connectivity index (χ2v) is 5.56. The number of rotatable bonds is 4. The van der Waals surface area contributed by atoms with Crippen LogP contribution in [0.25, 0.3) is 10.9 Å². The Balaban J connectivity index is 0.00000208. The molecule has 1 aromatic heterocycles. The van der Waals surface area contributed by atoms with E-state index in [-0.39, 0.29) is 18.2 Å². The Hall–Kier alpha value is -2.25. The average Bonchev–Trinajstić information content (AvgIpc) is 2.57. The molecule has 3 rings (SSSR count). The molecule has 2 aromatic carbocycles. The summed E-state index contributed by atoms with van der Waals surface area (Å²) in [7, 11) is 3.14. The smallest absolute Gasteiger partial charge is 0.162 e. The first-order valence-electron chi connectivity index (χ1n) is 6.75. The van der Waals surface area contributed by atoms with Gasteiger partial charge in [0.15, 0.2) is 11.5 Å². The Morgan fingerprint density at radius 3 is 2.46 bits per heavy atom. The topological polar surface area (TPSA) is 76.5 Å². The number of halogens is 2. The molecule has 0 amide bonds. The molecule has 0 saturated carbocycles. The first-order valence-corrected chi connectivity index (χ1v) is 7.54. The lowest BCUT2D eigenvalue weighted by Crippen LogP contribution is -1.98. The van der Waals surface area contributed by atoms with Crippen LogP contribution in [0.4, 0.5) is 11.5 Å². The van der Waals surface area contributed by atoms with Gasteiger partial charge in [-0.1, -0.05) is 6.07 Å². The van der Waals surface area contributed by atoms with Crippen molar-refractivity contribution in [1.29, 1.82) is 0 Å². The lowest BCUT2D eigenvalue weighted by atomic mass is 10.2. The highest BCUT2D eigenvalue weighted by Gasteiger charge is 2.13. The Bertz CT molecular complexity index is 856. The summed E-state index contributed by atoms with van der Waals surface area (Å²) in [5.74, 6) is 1.84. The Morgan fingerprint density at radius 2 is 1.79 bits per heavy atom. The minimum absolute atomic E-state index is 0. The summed E-state index contributed by atoms with van der Waals surface area (Å²) in [4.78, 5) is 8.52. The van der Waals surface area contributed by atoms with Crippen LogP contribution in [0.15, 0.2) is 41.1 Å². The van der Waals surface area contributed by atoms with E-state index in [4.69, 9.17) is 9.47 Å². The van der Waals surface area contributed by atoms with Gasteiger partial charge in [0.05, 0.1) is 25.4 Å². The van der Waals surface area contributed by atoms with Gasteiger partial charge in [-0.3, -0.25) is 0 Å². The van der Waals surface area contributed by atoms with E-state index in [0.29, 0.717) is 28.5 Å². The van der Waals surface area contributed by atoms with Crippen molar-refractivity contribution in [2.75, 3.05) is 19.5 Å². The first kappa shape index (κ1) is 18.1. The van der Waals surface area contributed by atoms with Gasteiger partial charge in [-0.2, -0.15) is 0 Å². The van der Waals surface area contributed by atoms with E-state index in [9.17, 15) is 5.11 Å². The maximum atomic E-state index is 10.0. The lowest BCUT2D eigenvalue weighted by molar-refractivity contribution is 0.356. The van der Waals surface area contributed by atoms with E-state index in [1.807, 2.05) is 6.07 Å². The summed E-state index contributed by atoms with van der Waals surface area (Å²) in [5, 5.41) is 13.9. The number of phenols is 1. The normalized spacial score (nSPS) is 10.1. The van der Waals surface area contributed by atoms with Gasteiger partial charge in [-0.05, 0) is 34.1 Å². The minimum atomic E-state index is 0. The minimum Gasteiger partial charge on any atom is -0.506 e. The number of aromatic nitrogens is 2. The first-order chi connectivity index (χ1) is 11.1. The van der Waals surface area contributed by atoms with Crippen molar-refractivity contribution < 1.29 is 14.6 Å². The maximum absolute atomic E-state index is 10.0. The predicted octanol–water partition coefficient (Wildman–Crippen LogP) is 4.28. The van der Waals surface area contributed by atoms with E-state index in [1.54, 1.807) is 38.5 Å². The second-order valence-electron chi connectivity index (χ2n) is 4.71. The molecular weight excluding hydrogens is 398 g/mol. The van der Waals surface area contributed by atoms with Crippen LogP contribution < -0.4 is 14.8 Å². The van der Waals surface area contributed by atoms with Crippen molar-refractivity contribution in [3.8, 4) is 17.2 Å². The van der Waals surface area contributed by atoms with Gasteiger partial charge in [0.2, 0.25) is 0 Å². The molecule has 2 N–H and O–H groups in total. The number of nitrogens with zero attached hydrogens (tertiary/aromatic N) is 2. The van der Waals surface area contributed by atoms with Gasteiger partial charge < -0.3 is 19.9 Å². The number of ether oxygens (including phenoxy) is 2. The van der Waals surface area contributed by atoms with Crippen molar-refractivity contribution in [3.63, 3.8) is 0 Å². The number of fused-ring (bicyclic) bond motifs is 1. The fourth-order valence-corrected chi connectivity index (χ4v) is 2.69. The molecule has 1 heterocycles. The Labute approximate surface area is 153 Å². The zero-order valence-electron chi connectivity index (χ0n) is 12.9. The zero-order chi connectivity index (χ0) is 16.4. The summed E-state index contributed by atoms with van der Waals surface area (Å²) < 4.78 is 11.3. The largest absolute Gasteiger partial charge is 0.506 e. The van der Waals surface area contributed by atoms with E-state index < -0.39 is 0 Å². The van der Waals surface area contributed by atoms with Crippen LogP contribution in [0.3, 0.4) is 0 Å². The van der Waals surface area contributed by atoms with Crippen LogP contribution in [0.1, 0.15) is 0 Å². The van der Waals surface area contributed by atoms with Crippen molar-refractivity contribution in [2.45, 2.75) is 0 Å². The summed E-state index contributed by atoms with van der Waals surface area (Å²) in [6.07, 6.45) is 1.45. The number of aromatic hydroxyl groups is 1. The number of anilines is 2. The summed E-state index contributed by atoms with van der Waals surface area (Å²) in [6.45, 7) is 0. The van der Waals surface area contributed by atoms with Gasteiger partial charge in [0.1, 0.15) is 17.9 Å². The molecule has 0 bridgehead atoms. The Kier molecular flexibility index (Phi) is 5.69. The number of benzene rings is 2. The molecule has 0 spiro atoms. The number of hydrogen-bond acceptors (Lipinski definition) is 6. The van der Waals surface area contributed by atoms with Crippen LogP contribution >= 0.6 is 28.3 Å². The second kappa shape index (κ2) is 7.55. The lowest BCUT2D eigenvalue weighted by Gasteiger charge is -2.13. The number of nitrogens with one attached hydrogen (secondary N) is 1. The molecule has 0 atom stereocenters. The molecular formula is C16H15BrClN3O3. The third-order valence-electron chi connectivity index (χ3n) is 3.38. The molecule has 0 unspecified atom stereocenters. The molecule has 126 valence electrons. The van der Waals surface area contributed by atoms with Gasteiger partial charge in [-0.25, -0.2) is 9.97 Å². The molecule has 0 aliphatic rings.